The van der Waals surface area contributed by atoms with Gasteiger partial charge in [-0.1, -0.05) is 12.2 Å². The van der Waals surface area contributed by atoms with E-state index in [1.807, 2.05) is 0 Å². The van der Waals surface area contributed by atoms with Gasteiger partial charge >= 0.3 is 0 Å². The van der Waals surface area contributed by atoms with Crippen molar-refractivity contribution in [3.8, 4) is 0 Å². The Hall–Kier alpha value is -1.64. The van der Waals surface area contributed by atoms with Gasteiger partial charge in [-0.3, -0.25) is 14.9 Å². The fourth-order valence-corrected chi connectivity index (χ4v) is 1.12. The van der Waals surface area contributed by atoms with Crippen molar-refractivity contribution in [2.75, 3.05) is 0 Å². The Labute approximate surface area is 63.1 Å². The molecule has 0 aromatic heterocycles. The van der Waals surface area contributed by atoms with E-state index in [0.717, 1.165) is 0 Å². The van der Waals surface area contributed by atoms with Gasteiger partial charge in [-0.05, 0) is 11.6 Å². The summed E-state index contributed by atoms with van der Waals surface area (Å²) in [7, 11) is 0. The maximum atomic E-state index is 11.0. The first-order valence-corrected chi connectivity index (χ1v) is 3.23. The molecule has 0 unspecified atom stereocenters. The molecule has 1 N–H and O–H groups in total. The van der Waals surface area contributed by atoms with E-state index in [9.17, 15) is 9.59 Å². The van der Waals surface area contributed by atoms with Gasteiger partial charge < -0.3 is 0 Å². The van der Waals surface area contributed by atoms with Gasteiger partial charge in [-0.15, -0.1) is 0 Å². The normalized spacial score (nSPS) is 20.7. The number of allylic oxidation sites excluding steroid dienone is 3. The average molecular weight is 147 g/mol. The minimum absolute atomic E-state index is 0.308. The highest BCUT2D eigenvalue weighted by Crippen LogP contribution is 2.20. The summed E-state index contributed by atoms with van der Waals surface area (Å²) in [5.41, 5.74) is 1.28. The molecule has 2 aliphatic rings. The first-order chi connectivity index (χ1) is 5.27. The molecule has 1 heterocycles. The third kappa shape index (κ3) is 0.816. The van der Waals surface area contributed by atoms with Gasteiger partial charge in [0.15, 0.2) is 0 Å². The number of hydrogen-bond acceptors (Lipinski definition) is 2. The standard InChI is InChI=1S/C8H5NO2/c10-7-4-5-2-1-3-6(5)8(11)9-7/h1-4H,(H,9,10,11). The quantitative estimate of drug-likeness (QED) is 0.492. The molecule has 0 aromatic rings. The van der Waals surface area contributed by atoms with E-state index in [1.54, 1.807) is 18.2 Å². The number of carbonyl (C=O) groups is 2. The van der Waals surface area contributed by atoms with Crippen molar-refractivity contribution in [1.82, 2.24) is 5.32 Å². The van der Waals surface area contributed by atoms with Crippen LogP contribution in [0.4, 0.5) is 0 Å². The van der Waals surface area contributed by atoms with Crippen molar-refractivity contribution in [1.29, 1.82) is 0 Å². The van der Waals surface area contributed by atoms with E-state index in [2.05, 4.69) is 5.32 Å². The average Bonchev–Trinajstić information content (AvgIpc) is 2.34. The predicted octanol–water partition coefficient (Wildman–Crippen LogP) is 0.0654. The van der Waals surface area contributed by atoms with E-state index < -0.39 is 0 Å². The van der Waals surface area contributed by atoms with Gasteiger partial charge in [0.2, 0.25) is 0 Å². The molecule has 2 amide bonds. The molecule has 1 aliphatic heterocycles. The van der Waals surface area contributed by atoms with Crippen molar-refractivity contribution in [2.24, 2.45) is 0 Å². The van der Waals surface area contributed by atoms with Crippen molar-refractivity contribution in [3.05, 3.63) is 35.5 Å². The number of imide groups is 1. The molecule has 0 bridgehead atoms. The molecule has 0 fully saturated rings. The summed E-state index contributed by atoms with van der Waals surface area (Å²) in [5.74, 6) is -0.647. The van der Waals surface area contributed by atoms with Crippen LogP contribution in [0.5, 0.6) is 0 Å². The molecule has 54 valence electrons. The topological polar surface area (TPSA) is 46.2 Å². The van der Waals surface area contributed by atoms with Crippen LogP contribution in [0.25, 0.3) is 0 Å². The molecule has 0 saturated carbocycles. The lowest BCUT2D eigenvalue weighted by Gasteiger charge is -2.09. The van der Waals surface area contributed by atoms with Gasteiger partial charge in [0.25, 0.3) is 11.8 Å². The van der Waals surface area contributed by atoms with Crippen molar-refractivity contribution >= 4 is 11.8 Å². The monoisotopic (exact) mass is 147 g/mol. The fraction of sp³-hybridized carbons (Fsp3) is 0. The Balaban J connectivity index is 2.53. The van der Waals surface area contributed by atoms with Crippen LogP contribution in [-0.2, 0) is 9.59 Å². The Morgan fingerprint density at radius 2 is 2.09 bits per heavy atom. The Kier molecular flexibility index (Phi) is 1.06. The van der Waals surface area contributed by atoms with Gasteiger partial charge in [0.05, 0.1) is 0 Å². The van der Waals surface area contributed by atoms with Gasteiger partial charge in [-0.25, -0.2) is 0 Å². The maximum Gasteiger partial charge on any atom is 0.258 e. The minimum Gasteiger partial charge on any atom is -0.289 e. The number of rotatable bonds is 0. The molecule has 0 spiro atoms. The third-order valence-corrected chi connectivity index (χ3v) is 1.62. The Bertz CT molecular complexity index is 334. The molecule has 0 radical (unpaired) electrons. The first kappa shape index (κ1) is 6.09. The van der Waals surface area contributed by atoms with Crippen LogP contribution in [0.15, 0.2) is 35.5 Å². The zero-order valence-corrected chi connectivity index (χ0v) is 5.63. The summed E-state index contributed by atoms with van der Waals surface area (Å²) in [6, 6.07) is 0. The van der Waals surface area contributed by atoms with Crippen LogP contribution in [0, 0.1) is 0 Å². The van der Waals surface area contributed by atoms with Crippen LogP contribution in [-0.4, -0.2) is 11.8 Å². The van der Waals surface area contributed by atoms with Crippen LogP contribution < -0.4 is 5.32 Å². The lowest BCUT2D eigenvalue weighted by Crippen LogP contribution is -2.34. The molecule has 3 nitrogen and oxygen atoms in total. The van der Waals surface area contributed by atoms with Crippen molar-refractivity contribution in [2.45, 2.75) is 0 Å². The second-order valence-electron chi connectivity index (χ2n) is 2.36. The van der Waals surface area contributed by atoms with Crippen LogP contribution >= 0.6 is 0 Å². The highest BCUT2D eigenvalue weighted by molar-refractivity contribution is 6.15. The molecule has 0 atom stereocenters. The highest BCUT2D eigenvalue weighted by atomic mass is 16.2. The third-order valence-electron chi connectivity index (χ3n) is 1.62. The van der Waals surface area contributed by atoms with E-state index in [1.165, 1.54) is 6.08 Å². The molecular weight excluding hydrogens is 142 g/mol. The number of carbonyl (C=O) groups excluding carboxylic acids is 2. The second kappa shape index (κ2) is 1.92. The van der Waals surface area contributed by atoms with E-state index >= 15 is 0 Å². The van der Waals surface area contributed by atoms with Crippen molar-refractivity contribution < 1.29 is 9.59 Å². The molecule has 11 heavy (non-hydrogen) atoms. The SMILES string of the molecule is O=C1C=C2C=CC=C2C(=O)N1. The van der Waals surface area contributed by atoms with Gasteiger partial charge in [0.1, 0.15) is 0 Å². The molecule has 2 rings (SSSR count). The lowest BCUT2D eigenvalue weighted by atomic mass is 10.1. The molecular formula is C8H5NO2. The number of nitrogens with one attached hydrogen (secondary N) is 1. The van der Waals surface area contributed by atoms with E-state index in [4.69, 9.17) is 0 Å². The van der Waals surface area contributed by atoms with E-state index in [0.29, 0.717) is 11.1 Å². The Morgan fingerprint density at radius 1 is 1.27 bits per heavy atom. The zero-order valence-electron chi connectivity index (χ0n) is 5.63. The number of hydrogen-bond donors (Lipinski definition) is 1. The second-order valence-corrected chi connectivity index (χ2v) is 2.36. The van der Waals surface area contributed by atoms with Gasteiger partial charge in [-0.2, -0.15) is 0 Å². The van der Waals surface area contributed by atoms with Crippen molar-refractivity contribution in [3.63, 3.8) is 0 Å². The molecule has 3 heteroatoms. The summed E-state index contributed by atoms with van der Waals surface area (Å²) >= 11 is 0. The largest absolute Gasteiger partial charge is 0.289 e. The smallest absolute Gasteiger partial charge is 0.258 e. The number of fused-ring (bicyclic) bond motifs is 1. The fourth-order valence-electron chi connectivity index (χ4n) is 1.12. The first-order valence-electron chi connectivity index (χ1n) is 3.23. The van der Waals surface area contributed by atoms with Gasteiger partial charge in [0, 0.05) is 11.6 Å². The molecule has 0 aromatic carbocycles. The lowest BCUT2D eigenvalue weighted by molar-refractivity contribution is -0.126. The Morgan fingerprint density at radius 3 is 2.91 bits per heavy atom. The van der Waals surface area contributed by atoms with Crippen LogP contribution in [0.3, 0.4) is 0 Å². The number of amides is 2. The van der Waals surface area contributed by atoms with Crippen LogP contribution in [0.2, 0.25) is 0 Å². The summed E-state index contributed by atoms with van der Waals surface area (Å²) in [4.78, 5) is 21.8. The predicted molar refractivity (Wildman–Crippen MR) is 38.5 cm³/mol. The van der Waals surface area contributed by atoms with Crippen LogP contribution in [0.1, 0.15) is 0 Å². The molecule has 0 saturated heterocycles. The summed E-state index contributed by atoms with van der Waals surface area (Å²) in [6.45, 7) is 0. The summed E-state index contributed by atoms with van der Waals surface area (Å²) in [6.07, 6.45) is 6.59. The molecule has 1 aliphatic carbocycles. The minimum atomic E-state index is -0.339. The zero-order chi connectivity index (χ0) is 7.84. The summed E-state index contributed by atoms with van der Waals surface area (Å²) < 4.78 is 0. The van der Waals surface area contributed by atoms with E-state index in [-0.39, 0.29) is 11.8 Å². The highest BCUT2D eigenvalue weighted by Gasteiger charge is 2.22. The summed E-state index contributed by atoms with van der Waals surface area (Å²) in [5, 5.41) is 2.19. The maximum absolute atomic E-state index is 11.0.